The van der Waals surface area contributed by atoms with Crippen LogP contribution in [0.15, 0.2) is 0 Å². The van der Waals surface area contributed by atoms with Gasteiger partial charge < -0.3 is 40.5 Å². The van der Waals surface area contributed by atoms with Crippen molar-refractivity contribution < 1.29 is 53.2 Å². The maximum atomic E-state index is 2.46. The molecule has 4 aliphatic carbocycles. The molecule has 4 aliphatic rings. The number of hydrogen-bond donors (Lipinski definition) is 0. The zero-order chi connectivity index (χ0) is 21.3. The molecule has 4 saturated carbocycles. The van der Waals surface area contributed by atoms with Gasteiger partial charge in [0.15, 0.2) is 0 Å². The third-order valence-corrected chi connectivity index (χ3v) is 4.63. The third-order valence-electron chi connectivity index (χ3n) is 4.63. The van der Waals surface area contributed by atoms with Gasteiger partial charge in [-0.2, -0.15) is 51.4 Å². The second kappa shape index (κ2) is 50.9. The maximum Gasteiger partial charge on any atom is 4.00 e. The second-order valence-electron chi connectivity index (χ2n) is 7.18. The fourth-order valence-electron chi connectivity index (χ4n) is 3.09. The van der Waals surface area contributed by atoms with Crippen LogP contribution in [-0.2, 0) is 53.2 Å². The quantitative estimate of drug-likeness (QED) is 0.129. The summed E-state index contributed by atoms with van der Waals surface area (Å²) in [5.41, 5.74) is 0. The van der Waals surface area contributed by atoms with Crippen molar-refractivity contribution in [1.82, 2.24) is 0 Å². The molecule has 0 aromatic carbocycles. The number of halogens is 5. The van der Waals surface area contributed by atoms with Gasteiger partial charge >= 0.3 is 153 Å². The average Bonchev–Trinajstić information content (AvgIpc) is 3.49. The predicted molar refractivity (Wildman–Crippen MR) is 185 cm³/mol. The summed E-state index contributed by atoms with van der Waals surface area (Å²) < 4.78 is 0. The van der Waals surface area contributed by atoms with Gasteiger partial charge in [0, 0.05) is 0 Å². The molecule has 0 saturated heterocycles. The Morgan fingerprint density at radius 3 is 0.970 bits per heavy atom. The van der Waals surface area contributed by atoms with Crippen LogP contribution in [0.2, 0.25) is 0 Å². The Morgan fingerprint density at radius 1 is 0.667 bits per heavy atom. The first kappa shape index (κ1) is 55.0. The van der Waals surface area contributed by atoms with E-state index in [1.807, 2.05) is 0 Å². The predicted octanol–water partition coefficient (Wildman–Crippen LogP) is 13.3. The summed E-state index contributed by atoms with van der Waals surface area (Å²) in [7, 11) is 0.628. The van der Waals surface area contributed by atoms with Crippen molar-refractivity contribution in [2.24, 2.45) is 5.92 Å². The van der Waals surface area contributed by atoms with E-state index in [0.29, 0.717) is 9.47 Å². The Morgan fingerprint density at radius 2 is 0.909 bits per heavy atom. The topological polar surface area (TPSA) is 0 Å². The zero-order valence-electron chi connectivity index (χ0n) is 20.1. The Labute approximate surface area is 304 Å². The monoisotopic (exact) mass is 1180 g/mol. The fourth-order valence-corrected chi connectivity index (χ4v) is 3.09. The molecular weight excluding hydrogens is 1130 g/mol. The maximum absolute atomic E-state index is 2.46. The van der Waals surface area contributed by atoms with Crippen molar-refractivity contribution in [1.29, 1.82) is 0 Å². The summed E-state index contributed by atoms with van der Waals surface area (Å²) in [5.74, 6) is 0.991. The first-order valence-electron chi connectivity index (χ1n) is 10.5. The van der Waals surface area contributed by atoms with Crippen LogP contribution in [0.3, 0.4) is 0 Å². The Kier molecular flexibility index (Phi) is 84.8. The fraction of sp³-hybridized carbons (Fsp3) is 0.750. The average molecular weight is 1180 g/mol. The van der Waals surface area contributed by atoms with Crippen LogP contribution in [-0.4, -0.2) is 0 Å². The molecule has 200 valence electrons. The molecular formula is C24H48FeI5TiV2+. The minimum absolute atomic E-state index is 0. The Hall–Kier alpha value is 6.05. The molecule has 1 radical (unpaired) electrons. The van der Waals surface area contributed by atoms with Gasteiger partial charge in [-0.1, -0.05) is 65.2 Å². The van der Waals surface area contributed by atoms with E-state index < -0.39 is 0 Å². The molecule has 4 fully saturated rings. The molecule has 0 bridgehead atoms. The summed E-state index contributed by atoms with van der Waals surface area (Å²) in [6, 6.07) is 0. The van der Waals surface area contributed by atoms with E-state index in [1.54, 1.807) is 0 Å². The van der Waals surface area contributed by atoms with Crippen molar-refractivity contribution in [3.05, 3.63) is 40.5 Å². The number of rotatable bonds is 0. The van der Waals surface area contributed by atoms with E-state index in [4.69, 9.17) is 0 Å². The van der Waals surface area contributed by atoms with Crippen LogP contribution in [0.4, 0.5) is 0 Å². The summed E-state index contributed by atoms with van der Waals surface area (Å²) in [4.78, 5) is -0.278. The van der Waals surface area contributed by atoms with Gasteiger partial charge in [-0.15, -0.1) is 0 Å². The standard InChI is InChI=1S/C6H11.3C5H9.CH4.2CH3.Fe.5HI.Ti.2V/c1-6-4-2-3-5-6;3*1-2-4-5-3-1;;;;;;;;;;;;/h2,6H,3-5H2,1H3;3*1H,2-5H2;1H4;2*1H3;;5*1H;;;/q4*-1;;2*-1;+3;;;;;;+4;+2;+3/p-5. The third kappa shape index (κ3) is 62.9. The molecule has 0 nitrogen and oxygen atoms in total. The molecule has 1 unspecified atom stereocenters. The van der Waals surface area contributed by atoms with Crippen LogP contribution in [0.5, 0.6) is 0 Å². The molecule has 33 heavy (non-hydrogen) atoms. The molecule has 0 aromatic rings. The molecule has 0 spiro atoms. The van der Waals surface area contributed by atoms with E-state index in [2.05, 4.69) is 133 Å². The molecule has 9 heteroatoms. The summed E-state index contributed by atoms with van der Waals surface area (Å²) in [5, 5.41) is 0. The minimum atomic E-state index is -0.278. The van der Waals surface area contributed by atoms with Crippen molar-refractivity contribution in [2.45, 2.75) is 111 Å². The van der Waals surface area contributed by atoms with E-state index in [1.165, 1.54) is 96.3 Å². The van der Waals surface area contributed by atoms with Gasteiger partial charge in [0.2, 0.25) is 0 Å². The van der Waals surface area contributed by atoms with Gasteiger partial charge in [-0.3, -0.25) is 0 Å². The Bertz CT molecular complexity index is 218. The molecule has 4 rings (SSSR count). The molecule has 1 atom stereocenters. The van der Waals surface area contributed by atoms with Gasteiger partial charge in [-0.05, 0) is 0 Å². The smallest absolute Gasteiger partial charge is 4.00 e. The van der Waals surface area contributed by atoms with Crippen LogP contribution in [0.1, 0.15) is 111 Å². The van der Waals surface area contributed by atoms with Gasteiger partial charge in [-0.25, -0.2) is 0 Å². The van der Waals surface area contributed by atoms with Gasteiger partial charge in [0.25, 0.3) is 0 Å². The Balaban J connectivity index is -0.0000000483. The number of hydrogen-bond acceptors (Lipinski definition) is 0. The van der Waals surface area contributed by atoms with Crippen molar-refractivity contribution in [2.75, 3.05) is 0 Å². The second-order valence-corrected chi connectivity index (χ2v) is 54.3. The summed E-state index contributed by atoms with van der Waals surface area (Å²) in [6.45, 7) is 2.31. The molecule has 0 N–H and O–H groups in total. The zero-order valence-corrected chi connectivity index (χ0v) is 36.4. The molecule has 0 heterocycles. The largest absolute Gasteiger partial charge is 4.00 e. The summed E-state index contributed by atoms with van der Waals surface area (Å²) >= 11 is 12.1. The van der Waals surface area contributed by atoms with Crippen molar-refractivity contribution in [3.63, 3.8) is 0 Å². The summed E-state index contributed by atoms with van der Waals surface area (Å²) in [6.07, 6.45) is 30.5. The molecule has 0 aromatic heterocycles. The van der Waals surface area contributed by atoms with E-state index in [-0.39, 0.29) is 66.0 Å². The van der Waals surface area contributed by atoms with Crippen LogP contribution in [0, 0.1) is 46.5 Å². The van der Waals surface area contributed by atoms with Crippen LogP contribution < -0.4 is 0 Å². The molecule has 0 aliphatic heterocycles. The van der Waals surface area contributed by atoms with Gasteiger partial charge in [0.05, 0.1) is 0 Å². The van der Waals surface area contributed by atoms with Crippen molar-refractivity contribution in [3.8, 4) is 0 Å². The van der Waals surface area contributed by atoms with Crippen LogP contribution >= 0.6 is 99.9 Å². The first-order valence-corrected chi connectivity index (χ1v) is 33.0. The van der Waals surface area contributed by atoms with E-state index in [9.17, 15) is 0 Å². The SMILES string of the molecule is C.CC1C[CH-]CC1.[CH-]1CCCC1.[CH-]1CCCC1.[CH-]1CCCC1.[CH3-].[CH3-].[Fe+3].[I][V]([I])[I].[I][V][I].[Ti+4]. The van der Waals surface area contributed by atoms with Crippen LogP contribution in [0.25, 0.3) is 0 Å². The molecule has 0 amide bonds. The van der Waals surface area contributed by atoms with E-state index >= 15 is 0 Å². The minimum Gasteiger partial charge on any atom is 4.00 e. The van der Waals surface area contributed by atoms with E-state index in [0.717, 1.165) is 5.92 Å². The van der Waals surface area contributed by atoms with Crippen molar-refractivity contribution >= 4 is 99.9 Å². The first-order chi connectivity index (χ1) is 13.5. The van der Waals surface area contributed by atoms with Gasteiger partial charge in [0.1, 0.15) is 0 Å². The normalized spacial score (nSPS) is 18.7.